The first-order chi connectivity index (χ1) is 13.8. The van der Waals surface area contributed by atoms with Crippen LogP contribution in [0.5, 0.6) is 11.5 Å². The third-order valence-electron chi connectivity index (χ3n) is 4.73. The van der Waals surface area contributed by atoms with Gasteiger partial charge in [-0.2, -0.15) is 0 Å². The first-order valence-electron chi connectivity index (χ1n) is 9.23. The SMILES string of the molecule is Cc1nc2ccc(Cl)cc2c(-c2ccc3c(c2)OCO3)c1C(OC(C)C)C(=O)O. The molecule has 1 unspecified atom stereocenters. The number of carboxylic acids is 1. The summed E-state index contributed by atoms with van der Waals surface area (Å²) >= 11 is 6.27. The largest absolute Gasteiger partial charge is 0.479 e. The Morgan fingerprint density at radius 1 is 1.17 bits per heavy atom. The van der Waals surface area contributed by atoms with Crippen molar-refractivity contribution in [1.29, 1.82) is 0 Å². The summed E-state index contributed by atoms with van der Waals surface area (Å²) in [5.41, 5.74) is 3.29. The molecular weight excluding hydrogens is 394 g/mol. The van der Waals surface area contributed by atoms with E-state index in [1.54, 1.807) is 32.9 Å². The molecule has 29 heavy (non-hydrogen) atoms. The molecule has 0 fully saturated rings. The summed E-state index contributed by atoms with van der Waals surface area (Å²) in [5, 5.41) is 11.2. The molecule has 0 aliphatic carbocycles. The molecule has 150 valence electrons. The molecule has 0 amide bonds. The van der Waals surface area contributed by atoms with Crippen molar-refractivity contribution in [1.82, 2.24) is 4.98 Å². The van der Waals surface area contributed by atoms with Crippen LogP contribution in [0.4, 0.5) is 0 Å². The van der Waals surface area contributed by atoms with Gasteiger partial charge in [-0.3, -0.25) is 4.98 Å². The summed E-state index contributed by atoms with van der Waals surface area (Å²) in [6.07, 6.45) is -1.46. The third kappa shape index (κ3) is 3.61. The van der Waals surface area contributed by atoms with Crippen LogP contribution in [0.3, 0.4) is 0 Å². The maximum atomic E-state index is 12.1. The molecule has 2 heterocycles. The summed E-state index contributed by atoms with van der Waals surface area (Å²) < 4.78 is 16.7. The average molecular weight is 414 g/mol. The van der Waals surface area contributed by atoms with Gasteiger partial charge in [0.05, 0.1) is 11.6 Å². The number of aliphatic carboxylic acids is 1. The van der Waals surface area contributed by atoms with Gasteiger partial charge in [0.2, 0.25) is 6.79 Å². The molecule has 0 spiro atoms. The van der Waals surface area contributed by atoms with Crippen molar-refractivity contribution in [2.75, 3.05) is 6.79 Å². The van der Waals surface area contributed by atoms with Crippen molar-refractivity contribution in [3.8, 4) is 22.6 Å². The second-order valence-electron chi connectivity index (χ2n) is 7.12. The lowest BCUT2D eigenvalue weighted by Crippen LogP contribution is -2.21. The molecule has 0 radical (unpaired) electrons. The van der Waals surface area contributed by atoms with E-state index in [-0.39, 0.29) is 12.9 Å². The van der Waals surface area contributed by atoms with E-state index in [0.717, 1.165) is 16.5 Å². The van der Waals surface area contributed by atoms with E-state index in [9.17, 15) is 9.90 Å². The van der Waals surface area contributed by atoms with Crippen LogP contribution < -0.4 is 9.47 Å². The zero-order valence-electron chi connectivity index (χ0n) is 16.2. The van der Waals surface area contributed by atoms with E-state index in [2.05, 4.69) is 4.98 Å². The Hall–Kier alpha value is -2.83. The number of carbonyl (C=O) groups is 1. The number of benzene rings is 2. The topological polar surface area (TPSA) is 77.9 Å². The molecule has 1 N–H and O–H groups in total. The summed E-state index contributed by atoms with van der Waals surface area (Å²) in [4.78, 5) is 16.8. The Bertz CT molecular complexity index is 1110. The number of aromatic nitrogens is 1. The average Bonchev–Trinajstić information content (AvgIpc) is 3.13. The van der Waals surface area contributed by atoms with Gasteiger partial charge in [-0.1, -0.05) is 17.7 Å². The van der Waals surface area contributed by atoms with E-state index >= 15 is 0 Å². The number of pyridine rings is 1. The number of rotatable bonds is 5. The number of fused-ring (bicyclic) bond motifs is 2. The minimum Gasteiger partial charge on any atom is -0.479 e. The second-order valence-corrected chi connectivity index (χ2v) is 7.55. The highest BCUT2D eigenvalue weighted by Gasteiger charge is 2.30. The zero-order valence-corrected chi connectivity index (χ0v) is 17.0. The van der Waals surface area contributed by atoms with Gasteiger partial charge in [-0.15, -0.1) is 0 Å². The van der Waals surface area contributed by atoms with Gasteiger partial charge < -0.3 is 19.3 Å². The van der Waals surface area contributed by atoms with E-state index in [1.807, 2.05) is 24.3 Å². The highest BCUT2D eigenvalue weighted by molar-refractivity contribution is 6.31. The van der Waals surface area contributed by atoms with E-state index < -0.39 is 12.1 Å². The van der Waals surface area contributed by atoms with Gasteiger partial charge in [-0.25, -0.2) is 4.79 Å². The Balaban J connectivity index is 2.05. The van der Waals surface area contributed by atoms with Crippen LogP contribution in [0.2, 0.25) is 5.02 Å². The fourth-order valence-electron chi connectivity index (χ4n) is 3.58. The van der Waals surface area contributed by atoms with Crippen molar-refractivity contribution in [3.63, 3.8) is 0 Å². The number of nitrogens with zero attached hydrogens (tertiary/aromatic N) is 1. The molecule has 3 aromatic rings. The molecular formula is C22H20ClNO5. The van der Waals surface area contributed by atoms with E-state index in [0.29, 0.717) is 33.3 Å². The van der Waals surface area contributed by atoms with Gasteiger partial charge in [-0.05, 0) is 62.2 Å². The predicted molar refractivity (Wildman–Crippen MR) is 110 cm³/mol. The standard InChI is InChI=1S/C22H20ClNO5/c1-11(2)29-21(22(25)26)19-12(3)24-16-6-5-14(23)9-15(16)20(19)13-4-7-17-18(8-13)28-10-27-17/h4-9,11,21H,10H2,1-3H3,(H,25,26). The lowest BCUT2D eigenvalue weighted by molar-refractivity contribution is -0.153. The maximum absolute atomic E-state index is 12.1. The fraction of sp³-hybridized carbons (Fsp3) is 0.273. The van der Waals surface area contributed by atoms with Gasteiger partial charge in [0.25, 0.3) is 0 Å². The number of carboxylic acid groups (broad SMARTS) is 1. The highest BCUT2D eigenvalue weighted by Crippen LogP contribution is 2.42. The lowest BCUT2D eigenvalue weighted by Gasteiger charge is -2.23. The van der Waals surface area contributed by atoms with Crippen LogP contribution in [0.1, 0.15) is 31.2 Å². The smallest absolute Gasteiger partial charge is 0.337 e. The predicted octanol–water partition coefficient (Wildman–Crippen LogP) is 5.14. The minimum atomic E-state index is -1.17. The molecule has 6 nitrogen and oxygen atoms in total. The van der Waals surface area contributed by atoms with Gasteiger partial charge >= 0.3 is 5.97 Å². The fourth-order valence-corrected chi connectivity index (χ4v) is 3.75. The van der Waals surface area contributed by atoms with Gasteiger partial charge in [0.1, 0.15) is 0 Å². The van der Waals surface area contributed by atoms with Crippen LogP contribution in [0.15, 0.2) is 36.4 Å². The van der Waals surface area contributed by atoms with Crippen molar-refractivity contribution in [3.05, 3.63) is 52.7 Å². The van der Waals surface area contributed by atoms with Gasteiger partial charge in [0, 0.05) is 21.7 Å². The number of hydrogen-bond acceptors (Lipinski definition) is 5. The zero-order chi connectivity index (χ0) is 20.7. The highest BCUT2D eigenvalue weighted by atomic mass is 35.5. The monoisotopic (exact) mass is 413 g/mol. The quantitative estimate of drug-likeness (QED) is 0.623. The van der Waals surface area contributed by atoms with Crippen LogP contribution in [-0.4, -0.2) is 29.0 Å². The molecule has 1 atom stereocenters. The molecule has 0 bridgehead atoms. The van der Waals surface area contributed by atoms with Crippen molar-refractivity contribution >= 4 is 28.5 Å². The molecule has 4 rings (SSSR count). The minimum absolute atomic E-state index is 0.155. The van der Waals surface area contributed by atoms with Crippen molar-refractivity contribution < 1.29 is 24.1 Å². The van der Waals surface area contributed by atoms with E-state index in [4.69, 9.17) is 25.8 Å². The molecule has 1 aliphatic heterocycles. The number of aryl methyl sites for hydroxylation is 1. The number of halogens is 1. The third-order valence-corrected chi connectivity index (χ3v) is 4.97. The Morgan fingerprint density at radius 3 is 2.66 bits per heavy atom. The first-order valence-corrected chi connectivity index (χ1v) is 9.61. The maximum Gasteiger partial charge on any atom is 0.337 e. The van der Waals surface area contributed by atoms with Gasteiger partial charge in [0.15, 0.2) is 17.6 Å². The molecule has 0 saturated heterocycles. The number of ether oxygens (including phenoxy) is 3. The molecule has 1 aliphatic rings. The lowest BCUT2D eigenvalue weighted by atomic mass is 9.91. The molecule has 2 aromatic carbocycles. The van der Waals surface area contributed by atoms with Crippen molar-refractivity contribution in [2.45, 2.75) is 33.0 Å². The van der Waals surface area contributed by atoms with E-state index in [1.165, 1.54) is 0 Å². The summed E-state index contributed by atoms with van der Waals surface area (Å²) in [6.45, 7) is 5.55. The first kappa shape index (κ1) is 19.5. The molecule has 0 saturated carbocycles. The summed E-state index contributed by atoms with van der Waals surface area (Å²) in [5.74, 6) is 0.179. The van der Waals surface area contributed by atoms with Crippen LogP contribution >= 0.6 is 11.6 Å². The Labute approximate surface area is 173 Å². The Kier molecular flexibility index (Phi) is 5.06. The van der Waals surface area contributed by atoms with Crippen LogP contribution in [0, 0.1) is 6.92 Å². The van der Waals surface area contributed by atoms with Crippen molar-refractivity contribution in [2.24, 2.45) is 0 Å². The molecule has 7 heteroatoms. The second kappa shape index (κ2) is 7.54. The summed E-state index contributed by atoms with van der Waals surface area (Å²) in [6, 6.07) is 10.9. The molecule has 1 aromatic heterocycles. The normalized spacial score (nSPS) is 13.8. The van der Waals surface area contributed by atoms with Crippen LogP contribution in [-0.2, 0) is 9.53 Å². The van der Waals surface area contributed by atoms with Crippen LogP contribution in [0.25, 0.3) is 22.0 Å². The Morgan fingerprint density at radius 2 is 1.93 bits per heavy atom. The number of hydrogen-bond donors (Lipinski definition) is 1. The summed E-state index contributed by atoms with van der Waals surface area (Å²) in [7, 11) is 0.